The Morgan fingerprint density at radius 2 is 1.31 bits per heavy atom. The first kappa shape index (κ1) is 18.5. The predicted molar refractivity (Wildman–Crippen MR) is 254 cm³/mol. The molecule has 0 N–H and O–H groups in total. The number of anilines is 6. The van der Waals surface area contributed by atoms with Gasteiger partial charge < -0.3 is 14.5 Å². The molecule has 0 atom stereocenters. The van der Waals surface area contributed by atoms with Crippen LogP contribution in [0.1, 0.15) is 116 Å². The molecule has 7 aliphatic rings. The van der Waals surface area contributed by atoms with Gasteiger partial charge in [0.05, 0.1) is 23.3 Å². The molecule has 4 fully saturated rings. The molecule has 7 aromatic carbocycles. The molecular formula is C57H51BN2O. The maximum atomic E-state index is 9.76. The third kappa shape index (κ3) is 5.24. The van der Waals surface area contributed by atoms with E-state index in [0.29, 0.717) is 17.8 Å². The van der Waals surface area contributed by atoms with Crippen LogP contribution in [0.5, 0.6) is 11.5 Å². The fourth-order valence-corrected chi connectivity index (χ4v) is 12.0. The summed E-state index contributed by atoms with van der Waals surface area (Å²) in [7, 11) is 0. The van der Waals surface area contributed by atoms with Gasteiger partial charge in [0.15, 0.2) is 0 Å². The number of ether oxygens (including phenoxy) is 1. The fraction of sp³-hybridized carbons (Fsp3) is 0.263. The summed E-state index contributed by atoms with van der Waals surface area (Å²) in [6.45, 7) is -10.4. The summed E-state index contributed by atoms with van der Waals surface area (Å²) < 4.78 is 243. The van der Waals surface area contributed by atoms with Crippen LogP contribution in [0.2, 0.25) is 0 Å². The molecule has 0 radical (unpaired) electrons. The molecule has 0 saturated heterocycles. The zero-order valence-electron chi connectivity index (χ0n) is 58.9. The smallest absolute Gasteiger partial charge is 0.256 e. The maximum Gasteiger partial charge on any atom is 0.256 e. The molecule has 4 saturated carbocycles. The Bertz CT molecular complexity index is 4150. The Morgan fingerprint density at radius 1 is 0.639 bits per heavy atom. The molecule has 2 heterocycles. The van der Waals surface area contributed by atoms with Gasteiger partial charge in [-0.1, -0.05) is 97.4 Å². The van der Waals surface area contributed by atoms with Crippen LogP contribution in [-0.4, -0.2) is 6.71 Å². The zero-order valence-corrected chi connectivity index (χ0v) is 32.9. The summed E-state index contributed by atoms with van der Waals surface area (Å²) in [6, 6.07) is -2.82. The van der Waals surface area contributed by atoms with Crippen molar-refractivity contribution in [2.75, 3.05) is 9.80 Å². The van der Waals surface area contributed by atoms with Crippen LogP contribution in [-0.2, 0) is 10.8 Å². The first-order valence-electron chi connectivity index (χ1n) is 33.6. The van der Waals surface area contributed by atoms with Crippen molar-refractivity contribution in [3.8, 4) is 22.6 Å². The van der Waals surface area contributed by atoms with Crippen molar-refractivity contribution in [2.45, 2.75) is 76.8 Å². The summed E-state index contributed by atoms with van der Waals surface area (Å²) in [6.07, 6.45) is 5.65. The minimum atomic E-state index is -3.58. The van der Waals surface area contributed by atoms with Crippen molar-refractivity contribution >= 4 is 57.2 Å². The predicted octanol–water partition coefficient (Wildman–Crippen LogP) is 13.0. The SMILES string of the molecule is [2H]c1c([2H])c([2H])c(N2c3cc(C45CC6CC(CC(C6)C4)C5)cc4c3B(c3cc5c(cc3O4)-c3ccc(N(c4c([2H])c([2H])c(C)c([2H])c4[2H])c4c([2H])c([2H])c(C([2H])([2H])[2H])c([2H])c4[2H])cc3C5(C([2H])([2H])[2H])C([2H])([2H])[2H])c3c([2H])c([2H])c([2H])c([2H])c32)c([2H])c1[2H]. The number of rotatable bonds is 5. The highest BCUT2D eigenvalue weighted by Crippen LogP contribution is 2.62. The summed E-state index contributed by atoms with van der Waals surface area (Å²) in [5.41, 5.74) is -6.91. The van der Waals surface area contributed by atoms with Crippen LogP contribution in [0.15, 0.2) is 145 Å². The van der Waals surface area contributed by atoms with Gasteiger partial charge in [-0.05, 0) is 192 Å². The number of hydrogen-bond acceptors (Lipinski definition) is 3. The van der Waals surface area contributed by atoms with Crippen LogP contribution >= 0.6 is 0 Å². The van der Waals surface area contributed by atoms with E-state index in [-0.39, 0.29) is 67.2 Å². The Kier molecular flexibility index (Phi) is 3.88. The van der Waals surface area contributed by atoms with Crippen molar-refractivity contribution in [1.82, 2.24) is 0 Å². The molecule has 4 heteroatoms. The second kappa shape index (κ2) is 12.8. The first-order valence-corrected chi connectivity index (χ1v) is 20.6. The third-order valence-corrected chi connectivity index (χ3v) is 14.1. The monoisotopic (exact) mass is 817 g/mol. The summed E-state index contributed by atoms with van der Waals surface area (Å²) in [5, 5.41) is 0. The molecule has 0 amide bonds. The summed E-state index contributed by atoms with van der Waals surface area (Å²) in [5.74, 6) is 1.43. The highest BCUT2D eigenvalue weighted by atomic mass is 16.5. The van der Waals surface area contributed by atoms with Gasteiger partial charge in [-0.2, -0.15) is 0 Å². The van der Waals surface area contributed by atoms with Gasteiger partial charge in [-0.3, -0.25) is 0 Å². The van der Waals surface area contributed by atoms with E-state index in [1.165, 1.54) is 36.1 Å². The number of benzene rings is 7. The van der Waals surface area contributed by atoms with Crippen LogP contribution in [0.3, 0.4) is 0 Å². The fourth-order valence-electron chi connectivity index (χ4n) is 12.0. The van der Waals surface area contributed by atoms with E-state index in [2.05, 4.69) is 0 Å². The molecule has 4 bridgehead atoms. The van der Waals surface area contributed by atoms with Gasteiger partial charge >= 0.3 is 0 Å². The van der Waals surface area contributed by atoms with Crippen molar-refractivity contribution in [1.29, 1.82) is 0 Å². The van der Waals surface area contributed by atoms with Gasteiger partial charge in [0.1, 0.15) is 11.5 Å². The van der Waals surface area contributed by atoms with Crippen LogP contribution in [0.25, 0.3) is 11.1 Å². The molecule has 0 aromatic heterocycles. The second-order valence-corrected chi connectivity index (χ2v) is 17.7. The van der Waals surface area contributed by atoms with Crippen molar-refractivity contribution < 1.29 is 40.4 Å². The van der Waals surface area contributed by atoms with Gasteiger partial charge in [-0.15, -0.1) is 0 Å². The highest BCUT2D eigenvalue weighted by molar-refractivity contribution is 6.99. The number of fused-ring (bicyclic) bond motifs is 7. The molecule has 0 spiro atoms. The lowest BCUT2D eigenvalue weighted by atomic mass is 9.33. The van der Waals surface area contributed by atoms with Crippen LogP contribution in [0.4, 0.5) is 34.1 Å². The summed E-state index contributed by atoms with van der Waals surface area (Å²) in [4.78, 5) is 2.09. The second-order valence-electron chi connectivity index (χ2n) is 17.7. The molecule has 3 nitrogen and oxygen atoms in total. The third-order valence-electron chi connectivity index (χ3n) is 14.1. The van der Waals surface area contributed by atoms with Crippen molar-refractivity contribution in [3.63, 3.8) is 0 Å². The molecule has 14 rings (SSSR count). The Hall–Kier alpha value is -6.00. The number of para-hydroxylation sites is 2. The molecule has 5 aliphatic carbocycles. The van der Waals surface area contributed by atoms with E-state index in [1.807, 2.05) is 12.1 Å². The zero-order chi connectivity index (χ0) is 63.1. The van der Waals surface area contributed by atoms with E-state index in [0.717, 1.165) is 55.1 Å². The standard InChI is InChI=1S/C57H51BN2O/c1-35-14-18-42(19-15-35)59(43-20-16-36(2)17-21-43)44-22-23-45-46-30-53-50(31-48(46)56(3,4)47(45)29-44)58-49-12-8-9-13-51(49)60(41-10-6-5-7-11-41)52-27-40(28-54(61-53)55(52)58)57-32-37-24-38(33-57)26-39(25-37)34-57/h5-23,27-31,37-39H,24-26,32-34H2,1-4H3/i1D3,3D3,4D3,5D,6D,7D,8D,9D,10D,11D,12D,13D,14D,15D,16D,17D,18D,19D,20D,21D. The van der Waals surface area contributed by atoms with Crippen molar-refractivity contribution in [3.05, 3.63) is 173 Å². The van der Waals surface area contributed by atoms with Crippen LogP contribution in [0, 0.1) is 31.5 Å². The lowest BCUT2D eigenvalue weighted by Crippen LogP contribution is -2.60. The Labute approximate surface area is 397 Å². The minimum absolute atomic E-state index is 0.00707. The first-order chi connectivity index (χ1) is 40.5. The van der Waals surface area contributed by atoms with E-state index in [1.54, 1.807) is 0 Å². The average molecular weight is 817 g/mol. The highest BCUT2D eigenvalue weighted by Gasteiger charge is 2.53. The molecule has 7 aromatic rings. The largest absolute Gasteiger partial charge is 0.458 e. The molecular weight excluding hydrogens is 739 g/mol. The van der Waals surface area contributed by atoms with E-state index in [4.69, 9.17) is 21.2 Å². The van der Waals surface area contributed by atoms with E-state index in [9.17, 15) is 19.2 Å². The van der Waals surface area contributed by atoms with Crippen molar-refractivity contribution in [2.24, 2.45) is 17.8 Å². The molecule has 298 valence electrons. The topological polar surface area (TPSA) is 15.7 Å². The Morgan fingerprint density at radius 3 is 2.02 bits per heavy atom. The Balaban J connectivity index is 1.12. The summed E-state index contributed by atoms with van der Waals surface area (Å²) >= 11 is 0. The number of nitrogens with zero attached hydrogens (tertiary/aromatic N) is 2. The van der Waals surface area contributed by atoms with E-state index >= 15 is 0 Å². The van der Waals surface area contributed by atoms with Crippen LogP contribution < -0.4 is 30.9 Å². The quantitative estimate of drug-likeness (QED) is 0.161. The van der Waals surface area contributed by atoms with Gasteiger partial charge in [0.25, 0.3) is 6.71 Å². The number of hydrogen-bond donors (Lipinski definition) is 0. The lowest BCUT2D eigenvalue weighted by Gasteiger charge is -2.57. The van der Waals surface area contributed by atoms with Gasteiger partial charge in [-0.25, -0.2) is 0 Å². The molecule has 61 heavy (non-hydrogen) atoms. The average Bonchev–Trinajstić information content (AvgIpc) is 1.65. The minimum Gasteiger partial charge on any atom is -0.458 e. The molecule has 2 aliphatic heterocycles. The normalized spacial score (nSPS) is 29.5. The lowest BCUT2D eigenvalue weighted by molar-refractivity contribution is -0.00522. The molecule has 0 unspecified atom stereocenters. The van der Waals surface area contributed by atoms with Gasteiger partial charge in [0.2, 0.25) is 0 Å². The van der Waals surface area contributed by atoms with E-state index < -0.39 is 169 Å². The van der Waals surface area contributed by atoms with Gasteiger partial charge in [0, 0.05) is 51.9 Å². The maximum absolute atomic E-state index is 9.76.